The Morgan fingerprint density at radius 2 is 2.11 bits per heavy atom. The first-order valence-electron chi connectivity index (χ1n) is 5.42. The normalized spacial score (nSPS) is 10.3. The number of nitrogens with zero attached hydrogens (tertiary/aromatic N) is 3. The molecular formula is C12H12N4O2. The Balaban J connectivity index is 2.48. The minimum Gasteiger partial charge on any atom is -0.314 e. The summed E-state index contributed by atoms with van der Waals surface area (Å²) >= 11 is 0. The van der Waals surface area contributed by atoms with Gasteiger partial charge in [0.2, 0.25) is 0 Å². The molecule has 2 rings (SSSR count). The molecule has 2 aromatic rings. The fourth-order valence-corrected chi connectivity index (χ4v) is 1.63. The molecule has 6 heteroatoms. The van der Waals surface area contributed by atoms with Crippen molar-refractivity contribution in [3.63, 3.8) is 0 Å². The van der Waals surface area contributed by atoms with Gasteiger partial charge in [0, 0.05) is 18.8 Å². The van der Waals surface area contributed by atoms with Gasteiger partial charge < -0.3 is 5.32 Å². The van der Waals surface area contributed by atoms with Crippen LogP contribution in [0, 0.1) is 10.1 Å². The maximum Gasteiger partial charge on any atom is 0.280 e. The lowest BCUT2D eigenvalue weighted by Gasteiger charge is -2.04. The lowest BCUT2D eigenvalue weighted by atomic mass is 10.1. The zero-order valence-electron chi connectivity index (χ0n) is 9.83. The van der Waals surface area contributed by atoms with Crippen molar-refractivity contribution in [1.82, 2.24) is 15.3 Å². The van der Waals surface area contributed by atoms with Gasteiger partial charge in [-0.15, -0.1) is 0 Å². The van der Waals surface area contributed by atoms with Crippen LogP contribution in [0.15, 0.2) is 36.5 Å². The number of nitro benzene ring substituents is 1. The van der Waals surface area contributed by atoms with Crippen molar-refractivity contribution in [2.45, 2.75) is 6.54 Å². The second-order valence-electron chi connectivity index (χ2n) is 3.68. The molecule has 1 N–H and O–H groups in total. The van der Waals surface area contributed by atoms with Crippen LogP contribution >= 0.6 is 0 Å². The van der Waals surface area contributed by atoms with Gasteiger partial charge in [-0.3, -0.25) is 10.1 Å². The van der Waals surface area contributed by atoms with E-state index in [4.69, 9.17) is 0 Å². The number of hydrogen-bond donors (Lipinski definition) is 1. The van der Waals surface area contributed by atoms with Crippen LogP contribution in [0.5, 0.6) is 0 Å². The summed E-state index contributed by atoms with van der Waals surface area (Å²) in [6, 6.07) is 8.23. The Morgan fingerprint density at radius 3 is 2.83 bits per heavy atom. The third-order valence-electron chi connectivity index (χ3n) is 2.41. The number of aromatic nitrogens is 2. The van der Waals surface area contributed by atoms with Gasteiger partial charge in [-0.05, 0) is 19.2 Å². The fraction of sp³-hybridized carbons (Fsp3) is 0.167. The first kappa shape index (κ1) is 12.1. The topological polar surface area (TPSA) is 81.0 Å². The Hall–Kier alpha value is -2.34. The fourth-order valence-electron chi connectivity index (χ4n) is 1.63. The highest BCUT2D eigenvalue weighted by Gasteiger charge is 2.16. The van der Waals surface area contributed by atoms with Crippen molar-refractivity contribution in [2.75, 3.05) is 7.05 Å². The van der Waals surface area contributed by atoms with Gasteiger partial charge in [-0.2, -0.15) is 0 Å². The highest BCUT2D eigenvalue weighted by molar-refractivity contribution is 5.67. The molecule has 1 aromatic carbocycles. The van der Waals surface area contributed by atoms with Gasteiger partial charge in [0.1, 0.15) is 0 Å². The molecule has 0 saturated carbocycles. The van der Waals surface area contributed by atoms with Crippen molar-refractivity contribution in [2.24, 2.45) is 0 Å². The monoisotopic (exact) mass is 244 g/mol. The van der Waals surface area contributed by atoms with E-state index in [2.05, 4.69) is 15.3 Å². The summed E-state index contributed by atoms with van der Waals surface area (Å²) in [5.41, 5.74) is 1.24. The average Bonchev–Trinajstić information content (AvgIpc) is 2.39. The van der Waals surface area contributed by atoms with Crippen LogP contribution in [-0.2, 0) is 6.54 Å². The Morgan fingerprint density at radius 1 is 1.33 bits per heavy atom. The molecular weight excluding hydrogens is 232 g/mol. The highest BCUT2D eigenvalue weighted by Crippen LogP contribution is 2.26. The molecule has 0 radical (unpaired) electrons. The minimum absolute atomic E-state index is 0.0131. The van der Waals surface area contributed by atoms with E-state index in [0.717, 1.165) is 5.69 Å². The molecule has 0 aliphatic carbocycles. The van der Waals surface area contributed by atoms with E-state index in [1.165, 1.54) is 6.07 Å². The summed E-state index contributed by atoms with van der Waals surface area (Å²) in [5, 5.41) is 13.9. The largest absolute Gasteiger partial charge is 0.314 e. The quantitative estimate of drug-likeness (QED) is 0.654. The van der Waals surface area contributed by atoms with E-state index < -0.39 is 4.92 Å². The molecule has 0 bridgehead atoms. The van der Waals surface area contributed by atoms with Crippen molar-refractivity contribution in [1.29, 1.82) is 0 Å². The molecule has 0 unspecified atom stereocenters. The van der Waals surface area contributed by atoms with E-state index in [-0.39, 0.29) is 5.69 Å². The first-order valence-corrected chi connectivity index (χ1v) is 5.42. The number of nitrogens with one attached hydrogen (secondary N) is 1. The third kappa shape index (κ3) is 2.49. The predicted molar refractivity (Wildman–Crippen MR) is 66.9 cm³/mol. The van der Waals surface area contributed by atoms with Gasteiger partial charge in [-0.25, -0.2) is 9.97 Å². The predicted octanol–water partition coefficient (Wildman–Crippen LogP) is 1.77. The van der Waals surface area contributed by atoms with E-state index >= 15 is 0 Å². The summed E-state index contributed by atoms with van der Waals surface area (Å²) in [6.07, 6.45) is 1.60. The Kier molecular flexibility index (Phi) is 3.59. The van der Waals surface area contributed by atoms with Crippen LogP contribution in [0.3, 0.4) is 0 Å². The van der Waals surface area contributed by atoms with Gasteiger partial charge >= 0.3 is 0 Å². The average molecular weight is 244 g/mol. The van der Waals surface area contributed by atoms with E-state index in [9.17, 15) is 10.1 Å². The lowest BCUT2D eigenvalue weighted by molar-refractivity contribution is -0.384. The zero-order valence-corrected chi connectivity index (χ0v) is 9.83. The summed E-state index contributed by atoms with van der Waals surface area (Å²) in [4.78, 5) is 18.9. The van der Waals surface area contributed by atoms with Gasteiger partial charge in [0.15, 0.2) is 5.82 Å². The van der Waals surface area contributed by atoms with E-state index in [0.29, 0.717) is 17.9 Å². The Bertz CT molecular complexity index is 572. The van der Waals surface area contributed by atoms with Crippen LogP contribution in [-0.4, -0.2) is 21.9 Å². The summed E-state index contributed by atoms with van der Waals surface area (Å²) in [7, 11) is 1.81. The van der Waals surface area contributed by atoms with Crippen molar-refractivity contribution < 1.29 is 4.92 Å². The summed E-state index contributed by atoms with van der Waals surface area (Å²) in [6.45, 7) is 0.593. The number of hydrogen-bond acceptors (Lipinski definition) is 5. The van der Waals surface area contributed by atoms with E-state index in [1.54, 1.807) is 30.5 Å². The van der Waals surface area contributed by atoms with Crippen LogP contribution in [0.2, 0.25) is 0 Å². The second kappa shape index (κ2) is 5.33. The third-order valence-corrected chi connectivity index (χ3v) is 2.41. The zero-order chi connectivity index (χ0) is 13.0. The maximum absolute atomic E-state index is 10.9. The molecule has 92 valence electrons. The number of para-hydroxylation sites is 1. The molecule has 0 atom stereocenters. The highest BCUT2D eigenvalue weighted by atomic mass is 16.6. The number of nitro groups is 1. The van der Waals surface area contributed by atoms with Crippen molar-refractivity contribution in [3.8, 4) is 11.4 Å². The first-order chi connectivity index (χ1) is 8.72. The SMILES string of the molecule is CNCc1ccnc(-c2ccccc2[N+](=O)[O-])n1. The molecule has 0 aliphatic rings. The van der Waals surface area contributed by atoms with Crippen LogP contribution in [0.1, 0.15) is 5.69 Å². The number of benzene rings is 1. The maximum atomic E-state index is 10.9. The molecule has 1 aromatic heterocycles. The lowest BCUT2D eigenvalue weighted by Crippen LogP contribution is -2.08. The second-order valence-corrected chi connectivity index (χ2v) is 3.68. The van der Waals surface area contributed by atoms with Gasteiger partial charge in [0.25, 0.3) is 5.69 Å². The molecule has 0 spiro atoms. The van der Waals surface area contributed by atoms with Crippen LogP contribution in [0.25, 0.3) is 11.4 Å². The molecule has 0 fully saturated rings. The smallest absolute Gasteiger partial charge is 0.280 e. The molecule has 0 amide bonds. The summed E-state index contributed by atoms with van der Waals surface area (Å²) < 4.78 is 0. The summed E-state index contributed by atoms with van der Waals surface area (Å²) in [5.74, 6) is 0.370. The van der Waals surface area contributed by atoms with Crippen LogP contribution < -0.4 is 5.32 Å². The Labute approximate surface area is 104 Å². The van der Waals surface area contributed by atoms with Crippen LogP contribution in [0.4, 0.5) is 5.69 Å². The number of rotatable bonds is 4. The molecule has 0 aliphatic heterocycles. The van der Waals surface area contributed by atoms with Gasteiger partial charge in [-0.1, -0.05) is 12.1 Å². The molecule has 18 heavy (non-hydrogen) atoms. The minimum atomic E-state index is -0.427. The van der Waals surface area contributed by atoms with Gasteiger partial charge in [0.05, 0.1) is 16.2 Å². The van der Waals surface area contributed by atoms with Crippen molar-refractivity contribution >= 4 is 5.69 Å². The standard InChI is InChI=1S/C12H12N4O2/c1-13-8-9-6-7-14-12(15-9)10-4-2-3-5-11(10)16(17)18/h2-7,13H,8H2,1H3. The van der Waals surface area contributed by atoms with Crippen molar-refractivity contribution in [3.05, 3.63) is 52.3 Å². The van der Waals surface area contributed by atoms with E-state index in [1.807, 2.05) is 7.05 Å². The molecule has 0 saturated heterocycles. The molecule has 1 heterocycles. The molecule has 6 nitrogen and oxygen atoms in total.